The summed E-state index contributed by atoms with van der Waals surface area (Å²) in [4.78, 5) is -0.805. The van der Waals surface area contributed by atoms with Crippen LogP contribution >= 0.6 is 0 Å². The highest BCUT2D eigenvalue weighted by atomic mass is 32.2. The highest BCUT2D eigenvalue weighted by Crippen LogP contribution is 2.36. The van der Waals surface area contributed by atoms with Gasteiger partial charge in [-0.2, -0.15) is 13.2 Å². The van der Waals surface area contributed by atoms with Crippen LogP contribution in [0.15, 0.2) is 29.2 Å². The summed E-state index contributed by atoms with van der Waals surface area (Å²) >= 11 is 0. The molecular weight excluding hydrogens is 363 g/mol. The van der Waals surface area contributed by atoms with Crippen molar-refractivity contribution in [3.8, 4) is 0 Å². The van der Waals surface area contributed by atoms with Crippen LogP contribution in [-0.2, 0) is 19.1 Å². The Morgan fingerprint density at radius 3 is 1.68 bits per heavy atom. The van der Waals surface area contributed by atoms with Crippen molar-refractivity contribution in [2.24, 2.45) is 0 Å². The van der Waals surface area contributed by atoms with E-state index in [1.807, 2.05) is 27.7 Å². The minimum atomic E-state index is -5.34. The summed E-state index contributed by atoms with van der Waals surface area (Å²) in [6.45, 7) is 7.37. The van der Waals surface area contributed by atoms with Crippen LogP contribution in [0, 0.1) is 0 Å². The van der Waals surface area contributed by atoms with Gasteiger partial charge in [-0.15, -0.1) is 0 Å². The molecule has 1 heterocycles. The highest BCUT2D eigenvalue weighted by Gasteiger charge is 2.52. The molecule has 1 aliphatic heterocycles. The van der Waals surface area contributed by atoms with Crippen molar-refractivity contribution < 1.29 is 40.9 Å². The average Bonchev–Trinajstić information content (AvgIpc) is 2.67. The number of alkyl halides is 3. The van der Waals surface area contributed by atoms with Crippen LogP contribution in [0.3, 0.4) is 0 Å². The number of halogens is 3. The topological polar surface area (TPSA) is 93.1 Å². The summed E-state index contributed by atoms with van der Waals surface area (Å²) < 4.78 is 71.6. The van der Waals surface area contributed by atoms with Crippen LogP contribution in [0.2, 0.25) is 0 Å². The lowest BCUT2D eigenvalue weighted by atomic mass is 9.79. The highest BCUT2D eigenvalue weighted by molar-refractivity contribution is 7.92. The number of hydrogen-bond acceptors (Lipinski definition) is 6. The predicted octanol–water partition coefficient (Wildman–Crippen LogP) is 0.784. The predicted molar refractivity (Wildman–Crippen MR) is 85.6 cm³/mol. The SMILES string of the molecule is CC1(C)OB(c2ccc(S(=O)(=O)C(F)(F)F)cc2)OC1(C)C.O[B]O. The van der Waals surface area contributed by atoms with Crippen LogP contribution in [0.4, 0.5) is 13.2 Å². The minimum absolute atomic E-state index is 0. The van der Waals surface area contributed by atoms with E-state index in [-0.39, 0.29) is 7.69 Å². The van der Waals surface area contributed by atoms with Crippen molar-refractivity contribution in [2.45, 2.75) is 49.3 Å². The molecule has 0 bridgehead atoms. The molecule has 1 radical (unpaired) electrons. The Morgan fingerprint density at radius 2 is 1.36 bits per heavy atom. The van der Waals surface area contributed by atoms with Crippen molar-refractivity contribution in [3.63, 3.8) is 0 Å². The first kappa shape index (κ1) is 22.0. The van der Waals surface area contributed by atoms with Crippen molar-refractivity contribution in [3.05, 3.63) is 24.3 Å². The van der Waals surface area contributed by atoms with Gasteiger partial charge in [0.15, 0.2) is 0 Å². The van der Waals surface area contributed by atoms with E-state index < -0.39 is 38.6 Å². The van der Waals surface area contributed by atoms with E-state index in [1.54, 1.807) is 0 Å². The van der Waals surface area contributed by atoms with E-state index in [9.17, 15) is 21.6 Å². The zero-order valence-corrected chi connectivity index (χ0v) is 14.9. The van der Waals surface area contributed by atoms with Gasteiger partial charge in [-0.3, -0.25) is 0 Å². The zero-order valence-electron chi connectivity index (χ0n) is 14.0. The van der Waals surface area contributed by atoms with Gasteiger partial charge in [-0.1, -0.05) is 12.1 Å². The van der Waals surface area contributed by atoms with E-state index in [0.29, 0.717) is 5.46 Å². The molecule has 1 fully saturated rings. The first-order valence-electron chi connectivity index (χ1n) is 7.06. The third-order valence-electron chi connectivity index (χ3n) is 4.02. The molecule has 0 unspecified atom stereocenters. The third kappa shape index (κ3) is 4.56. The van der Waals surface area contributed by atoms with Crippen LogP contribution in [0.25, 0.3) is 0 Å². The second-order valence-corrected chi connectivity index (χ2v) is 8.16. The van der Waals surface area contributed by atoms with Crippen molar-refractivity contribution in [2.75, 3.05) is 0 Å². The molecule has 0 amide bonds. The number of rotatable bonds is 2. The molecule has 12 heteroatoms. The van der Waals surface area contributed by atoms with Gasteiger partial charge in [0.25, 0.3) is 9.84 Å². The fraction of sp³-hybridized carbons (Fsp3) is 0.538. The van der Waals surface area contributed by atoms with Gasteiger partial charge in [-0.25, -0.2) is 8.42 Å². The first-order chi connectivity index (χ1) is 11.2. The lowest BCUT2D eigenvalue weighted by Gasteiger charge is -2.32. The molecule has 1 aliphatic rings. The van der Waals surface area contributed by atoms with Gasteiger partial charge in [0.2, 0.25) is 0 Å². The maximum Gasteiger partial charge on any atom is 0.501 e. The normalized spacial score (nSPS) is 19.2. The molecule has 0 spiro atoms. The minimum Gasteiger partial charge on any atom is -0.429 e. The summed E-state index contributed by atoms with van der Waals surface area (Å²) in [5, 5.41) is 14.0. The number of benzene rings is 1. The van der Waals surface area contributed by atoms with Crippen LogP contribution < -0.4 is 5.46 Å². The molecule has 1 aromatic rings. The van der Waals surface area contributed by atoms with Crippen LogP contribution in [0.1, 0.15) is 27.7 Å². The van der Waals surface area contributed by atoms with Gasteiger partial charge in [0, 0.05) is 0 Å². The Hall–Kier alpha value is -1.07. The molecule has 1 saturated heterocycles. The van der Waals surface area contributed by atoms with Gasteiger partial charge in [0.1, 0.15) is 0 Å². The molecule has 0 aromatic heterocycles. The first-order valence-corrected chi connectivity index (χ1v) is 8.55. The Morgan fingerprint density at radius 1 is 1.00 bits per heavy atom. The second-order valence-electron chi connectivity index (χ2n) is 6.22. The standard InChI is InChI=1S/C13H16BF3O4S.BH2O2/c1-11(2)12(3,4)21-14(20-11)9-5-7-10(8-6-9)22(18,19)13(15,16)17;2-1-3/h5-8H,1-4H3;2-3H. The lowest BCUT2D eigenvalue weighted by molar-refractivity contribution is -0.0436. The fourth-order valence-electron chi connectivity index (χ4n) is 1.92. The summed E-state index contributed by atoms with van der Waals surface area (Å²) in [7, 11) is -6.10. The molecule has 0 saturated carbocycles. The summed E-state index contributed by atoms with van der Waals surface area (Å²) in [5.74, 6) is 0. The second kappa shape index (κ2) is 7.28. The molecule has 25 heavy (non-hydrogen) atoms. The Bertz CT molecular complexity index is 673. The Kier molecular flexibility index (Phi) is 6.39. The fourth-order valence-corrected chi connectivity index (χ4v) is 2.68. The third-order valence-corrected chi connectivity index (χ3v) is 5.52. The molecule has 1 aromatic carbocycles. The van der Waals surface area contributed by atoms with E-state index in [2.05, 4.69) is 0 Å². The summed E-state index contributed by atoms with van der Waals surface area (Å²) in [5.41, 5.74) is -6.04. The molecule has 139 valence electrons. The van der Waals surface area contributed by atoms with Gasteiger partial charge in [0.05, 0.1) is 16.1 Å². The Balaban J connectivity index is 0.000000970. The average molecular weight is 381 g/mol. The quantitative estimate of drug-likeness (QED) is 0.736. The smallest absolute Gasteiger partial charge is 0.429 e. The van der Waals surface area contributed by atoms with Crippen LogP contribution in [0.5, 0.6) is 0 Å². The van der Waals surface area contributed by atoms with Gasteiger partial charge in [-0.05, 0) is 45.3 Å². The maximum absolute atomic E-state index is 12.5. The van der Waals surface area contributed by atoms with E-state index in [4.69, 9.17) is 19.4 Å². The van der Waals surface area contributed by atoms with E-state index >= 15 is 0 Å². The summed E-state index contributed by atoms with van der Waals surface area (Å²) in [6.07, 6.45) is 0. The van der Waals surface area contributed by atoms with Crippen LogP contribution in [-0.4, -0.2) is 50.0 Å². The number of hydrogen-bond donors (Lipinski definition) is 2. The Labute approximate surface area is 145 Å². The molecule has 2 rings (SSSR count). The van der Waals surface area contributed by atoms with Crippen molar-refractivity contribution in [1.82, 2.24) is 0 Å². The van der Waals surface area contributed by atoms with Crippen molar-refractivity contribution >= 4 is 30.1 Å². The molecule has 0 aliphatic carbocycles. The molecule has 0 atom stereocenters. The lowest BCUT2D eigenvalue weighted by Crippen LogP contribution is -2.41. The maximum atomic E-state index is 12.5. The van der Waals surface area contributed by atoms with Gasteiger partial charge >= 0.3 is 20.3 Å². The zero-order chi connectivity index (χ0) is 19.7. The van der Waals surface area contributed by atoms with E-state index in [1.165, 1.54) is 12.1 Å². The van der Waals surface area contributed by atoms with Gasteiger partial charge < -0.3 is 19.4 Å². The molecule has 6 nitrogen and oxygen atoms in total. The number of sulfone groups is 1. The largest absolute Gasteiger partial charge is 0.501 e. The monoisotopic (exact) mass is 381 g/mol. The molecular formula is C13H18B2F3O6S. The summed E-state index contributed by atoms with van der Waals surface area (Å²) in [6, 6.07) is 4.34. The van der Waals surface area contributed by atoms with Crippen molar-refractivity contribution in [1.29, 1.82) is 0 Å². The molecule has 2 N–H and O–H groups in total. The van der Waals surface area contributed by atoms with E-state index in [0.717, 1.165) is 12.1 Å².